The Morgan fingerprint density at radius 1 is 1.10 bits per heavy atom. The van der Waals surface area contributed by atoms with Gasteiger partial charge in [0.2, 0.25) is 0 Å². The molecule has 1 N–H and O–H groups in total. The van der Waals surface area contributed by atoms with Crippen LogP contribution in [0.25, 0.3) is 0 Å². The van der Waals surface area contributed by atoms with E-state index < -0.39 is 10.1 Å². The number of aryl methyl sites for hydroxylation is 2. The van der Waals surface area contributed by atoms with Crippen LogP contribution in [0.3, 0.4) is 0 Å². The monoisotopic (exact) mass is 495 g/mol. The molecular weight excluding hydrogens is 467 g/mol. The van der Waals surface area contributed by atoms with Crippen molar-refractivity contribution in [1.82, 2.24) is 0 Å². The van der Waals surface area contributed by atoms with Crippen LogP contribution in [0.5, 0.6) is 11.5 Å². The summed E-state index contributed by atoms with van der Waals surface area (Å²) in [4.78, 5) is 2.39. The molecule has 0 fully saturated rings. The van der Waals surface area contributed by atoms with E-state index in [1.54, 1.807) is 23.5 Å². The predicted octanol–water partition coefficient (Wildman–Crippen LogP) is 6.08. The summed E-state index contributed by atoms with van der Waals surface area (Å²) < 4.78 is 41.1. The minimum atomic E-state index is -4.05. The van der Waals surface area contributed by atoms with Crippen molar-refractivity contribution in [3.05, 3.63) is 39.6 Å². The first-order valence-electron chi connectivity index (χ1n) is 8.53. The number of ether oxygens (including phenoxy) is 2. The summed E-state index contributed by atoms with van der Waals surface area (Å²) in [5, 5.41) is 0. The van der Waals surface area contributed by atoms with E-state index >= 15 is 0 Å². The van der Waals surface area contributed by atoms with Crippen molar-refractivity contribution >= 4 is 51.2 Å². The van der Waals surface area contributed by atoms with E-state index in [1.165, 1.54) is 21.9 Å². The molecule has 10 heteroatoms. The Kier molecular flexibility index (Phi) is 13.2. The van der Waals surface area contributed by atoms with Crippen molar-refractivity contribution in [3.63, 3.8) is 0 Å². The molecular formula is C19H28O5PS4+. The number of thiophene rings is 1. The maximum atomic E-state index is 10.7. The Hall–Kier alpha value is -0.700. The second-order valence-electron chi connectivity index (χ2n) is 6.00. The fourth-order valence-electron chi connectivity index (χ4n) is 2.47. The summed E-state index contributed by atoms with van der Waals surface area (Å²) in [5.74, 6) is 2.32. The van der Waals surface area contributed by atoms with Gasteiger partial charge in [-0.3, -0.25) is 4.55 Å². The van der Waals surface area contributed by atoms with Crippen LogP contribution in [0.15, 0.2) is 29.2 Å². The van der Waals surface area contributed by atoms with Crippen molar-refractivity contribution in [2.75, 3.05) is 13.2 Å². The van der Waals surface area contributed by atoms with Crippen molar-refractivity contribution in [2.24, 2.45) is 0 Å². The van der Waals surface area contributed by atoms with Crippen molar-refractivity contribution in [3.8, 4) is 11.5 Å². The third-order valence-corrected chi connectivity index (χ3v) is 5.94. The van der Waals surface area contributed by atoms with Crippen LogP contribution < -0.4 is 9.47 Å². The number of rotatable bonds is 3. The molecule has 1 aliphatic rings. The van der Waals surface area contributed by atoms with Gasteiger partial charge in [-0.25, -0.2) is 0 Å². The number of hydrogen-bond donors (Lipinski definition) is 1. The summed E-state index contributed by atoms with van der Waals surface area (Å²) in [7, 11) is -4.05. The van der Waals surface area contributed by atoms with Gasteiger partial charge in [0.15, 0.2) is 11.5 Å². The summed E-state index contributed by atoms with van der Waals surface area (Å²) >= 11 is 10.1. The summed E-state index contributed by atoms with van der Waals surface area (Å²) in [6.07, 6.45) is 1.59. The summed E-state index contributed by atoms with van der Waals surface area (Å²) in [6, 6.07) is 6.32. The molecule has 29 heavy (non-hydrogen) atoms. The van der Waals surface area contributed by atoms with E-state index in [1.807, 2.05) is 0 Å². The number of hydrogen-bond acceptors (Lipinski definition) is 7. The Labute approximate surface area is 189 Å². The maximum absolute atomic E-state index is 10.7. The Balaban J connectivity index is 0.000000470. The molecule has 0 saturated heterocycles. The number of fused-ring (bicyclic) bond motifs is 1. The first-order chi connectivity index (χ1) is 13.1. The van der Waals surface area contributed by atoms with E-state index in [2.05, 4.69) is 51.3 Å². The molecule has 0 saturated carbocycles. The molecule has 3 rings (SSSR count). The Bertz CT molecular complexity index is 875. The fourth-order valence-corrected chi connectivity index (χ4v) is 3.90. The van der Waals surface area contributed by atoms with Crippen LogP contribution in [0.1, 0.15) is 48.9 Å². The van der Waals surface area contributed by atoms with Gasteiger partial charge in [0, 0.05) is 9.75 Å². The Morgan fingerprint density at radius 3 is 1.86 bits per heavy atom. The molecule has 2 heterocycles. The molecule has 162 valence electrons. The quantitative estimate of drug-likeness (QED) is 0.409. The average molecular weight is 496 g/mol. The molecule has 5 nitrogen and oxygen atoms in total. The van der Waals surface area contributed by atoms with E-state index in [4.69, 9.17) is 14.0 Å². The van der Waals surface area contributed by atoms with Crippen LogP contribution in [0.2, 0.25) is 0 Å². The second kappa shape index (κ2) is 13.6. The average Bonchev–Trinajstić information content (AvgIpc) is 2.96. The molecule has 1 aromatic carbocycles. The molecule has 0 bridgehead atoms. The number of benzene rings is 1. The second-order valence-corrected chi connectivity index (χ2v) is 10.8. The molecule has 0 amide bonds. The zero-order valence-electron chi connectivity index (χ0n) is 16.2. The summed E-state index contributed by atoms with van der Waals surface area (Å²) in [5.41, 5.74) is 1.08. The molecule has 1 aromatic heterocycles. The zero-order valence-corrected chi connectivity index (χ0v) is 20.3. The van der Waals surface area contributed by atoms with Gasteiger partial charge in [0.05, 0.1) is 4.90 Å². The van der Waals surface area contributed by atoms with E-state index in [0.717, 1.165) is 23.5 Å². The third-order valence-electron chi connectivity index (χ3n) is 4.09. The van der Waals surface area contributed by atoms with Crippen molar-refractivity contribution < 1.29 is 22.4 Å². The van der Waals surface area contributed by atoms with Gasteiger partial charge in [0.25, 0.3) is 10.1 Å². The van der Waals surface area contributed by atoms with Crippen LogP contribution in [0.4, 0.5) is 0 Å². The standard InChI is InChI=1S/C10H14O3S.C8H10O2S.CH4.PS2/c1-3-8(2)9-4-6-10(7-5-9)14(11,12)13;1-5-7-8(6(2)11-5)10-4-3-9-7;;2-1-3/h4-8H,3H2,1-2H3,(H,11,12,13);3-4H2,1-2H3;1H4;/q;;;+1. The van der Waals surface area contributed by atoms with Crippen LogP contribution >= 0.6 is 17.5 Å². The van der Waals surface area contributed by atoms with Crippen molar-refractivity contribution in [2.45, 2.75) is 52.4 Å². The molecule has 0 radical (unpaired) electrons. The molecule has 0 spiro atoms. The zero-order chi connectivity index (χ0) is 21.3. The Morgan fingerprint density at radius 2 is 1.52 bits per heavy atom. The normalized spacial score (nSPS) is 12.7. The van der Waals surface area contributed by atoms with Crippen LogP contribution in [-0.4, -0.2) is 26.2 Å². The van der Waals surface area contributed by atoms with E-state index in [9.17, 15) is 8.42 Å². The molecule has 2 aromatic rings. The fraction of sp³-hybridized carbons (Fsp3) is 0.474. The minimum absolute atomic E-state index is 0. The first kappa shape index (κ1) is 28.3. The van der Waals surface area contributed by atoms with Gasteiger partial charge >= 0.3 is 29.7 Å². The van der Waals surface area contributed by atoms with Crippen molar-refractivity contribution in [1.29, 1.82) is 0 Å². The van der Waals surface area contributed by atoms with E-state index in [-0.39, 0.29) is 12.3 Å². The topological polar surface area (TPSA) is 72.8 Å². The molecule has 1 unspecified atom stereocenters. The SMILES string of the molecule is C.CCC(C)c1ccc(S(=O)(=O)O)cc1.Cc1sc(C)c2c1OCCO2.S=[P+]=S. The molecule has 0 aliphatic carbocycles. The van der Waals surface area contributed by atoms with Crippen LogP contribution in [-0.2, 0) is 33.7 Å². The third kappa shape index (κ3) is 8.90. The first-order valence-corrected chi connectivity index (χ1v) is 13.7. The molecule has 1 atom stereocenters. The predicted molar refractivity (Wildman–Crippen MR) is 128 cm³/mol. The van der Waals surface area contributed by atoms with Gasteiger partial charge in [-0.2, -0.15) is 8.42 Å². The van der Waals surface area contributed by atoms with Gasteiger partial charge in [-0.1, -0.05) is 33.4 Å². The van der Waals surface area contributed by atoms with Gasteiger partial charge in [-0.05, 0) is 43.9 Å². The van der Waals surface area contributed by atoms with Gasteiger partial charge in [-0.15, -0.1) is 11.3 Å². The van der Waals surface area contributed by atoms with E-state index in [0.29, 0.717) is 25.3 Å². The van der Waals surface area contributed by atoms with Crippen LogP contribution in [0, 0.1) is 13.8 Å². The molecule has 1 aliphatic heterocycles. The summed E-state index contributed by atoms with van der Waals surface area (Å²) in [6.45, 7) is 9.63. The van der Waals surface area contributed by atoms with Gasteiger partial charge in [0.1, 0.15) is 13.2 Å². The van der Waals surface area contributed by atoms with Gasteiger partial charge < -0.3 is 9.47 Å².